The minimum absolute atomic E-state index is 0.0614. The Morgan fingerprint density at radius 3 is 2.54 bits per heavy atom. The van der Waals surface area contributed by atoms with E-state index in [1.807, 2.05) is 20.5 Å². The molecule has 3 aromatic heterocycles. The molecule has 1 aliphatic rings. The third kappa shape index (κ3) is 4.53. The summed E-state index contributed by atoms with van der Waals surface area (Å²) in [6.45, 7) is 8.43. The molecule has 4 aromatic rings. The molecule has 5 rings (SSSR count). The molecule has 0 unspecified atom stereocenters. The predicted molar refractivity (Wildman–Crippen MR) is 132 cm³/mol. The molecule has 0 atom stereocenters. The third-order valence-corrected chi connectivity index (χ3v) is 6.12. The summed E-state index contributed by atoms with van der Waals surface area (Å²) in [6, 6.07) is 9.28. The lowest BCUT2D eigenvalue weighted by Gasteiger charge is -2.33. The number of oxazole rings is 1. The number of pyridine rings is 1. The largest absolute Gasteiger partial charge is 0.496 e. The van der Waals surface area contributed by atoms with Gasteiger partial charge in [0.2, 0.25) is 5.65 Å². The van der Waals surface area contributed by atoms with Gasteiger partial charge in [-0.25, -0.2) is 14.6 Å². The Labute approximate surface area is 207 Å². The number of ether oxygens (including phenoxy) is 1. The summed E-state index contributed by atoms with van der Waals surface area (Å²) in [5.74, 6) is 1.05. The summed E-state index contributed by atoms with van der Waals surface area (Å²) in [5, 5.41) is 4.95. The molecule has 4 heterocycles. The number of carbonyl (C=O) groups is 1. The number of hydrogen-bond donors (Lipinski definition) is 0. The standard InChI is InChI=1S/C24H26ClN7O3/c1-24(2,3)32-14-26-20(29-32)16-6-5-15(13-18(16)34-4)22(33)30-9-11-31(12-10-30)23-28-21-17(35-23)7-8-19(25)27-21/h5-8,13-14H,9-12H2,1-4H3. The highest BCUT2D eigenvalue weighted by atomic mass is 35.5. The molecule has 0 N–H and O–H groups in total. The molecule has 0 spiro atoms. The normalized spacial score (nSPS) is 14.5. The first kappa shape index (κ1) is 23.1. The van der Waals surface area contributed by atoms with E-state index in [9.17, 15) is 4.79 Å². The highest BCUT2D eigenvalue weighted by Crippen LogP contribution is 2.30. The van der Waals surface area contributed by atoms with Crippen LogP contribution in [0.5, 0.6) is 5.75 Å². The lowest BCUT2D eigenvalue weighted by Crippen LogP contribution is -2.48. The second-order valence-electron chi connectivity index (χ2n) is 9.33. The van der Waals surface area contributed by atoms with Crippen molar-refractivity contribution >= 4 is 34.8 Å². The Hall–Kier alpha value is -3.66. The van der Waals surface area contributed by atoms with Gasteiger partial charge in [0.1, 0.15) is 17.2 Å². The molecule has 35 heavy (non-hydrogen) atoms. The fourth-order valence-corrected chi connectivity index (χ4v) is 4.06. The average Bonchev–Trinajstić information content (AvgIpc) is 3.50. The molecular weight excluding hydrogens is 470 g/mol. The quantitative estimate of drug-likeness (QED) is 0.393. The lowest BCUT2D eigenvalue weighted by molar-refractivity contribution is 0.0744. The van der Waals surface area contributed by atoms with Crippen molar-refractivity contribution in [2.45, 2.75) is 26.3 Å². The number of benzene rings is 1. The average molecular weight is 496 g/mol. The summed E-state index contributed by atoms with van der Waals surface area (Å²) in [5.41, 5.74) is 2.16. The van der Waals surface area contributed by atoms with E-state index in [-0.39, 0.29) is 11.4 Å². The van der Waals surface area contributed by atoms with Crippen molar-refractivity contribution in [3.63, 3.8) is 0 Å². The summed E-state index contributed by atoms with van der Waals surface area (Å²) < 4.78 is 13.2. The lowest BCUT2D eigenvalue weighted by atomic mass is 10.1. The summed E-state index contributed by atoms with van der Waals surface area (Å²) in [7, 11) is 1.58. The van der Waals surface area contributed by atoms with Crippen LogP contribution in [-0.2, 0) is 5.54 Å². The van der Waals surface area contributed by atoms with E-state index >= 15 is 0 Å². The molecule has 0 saturated carbocycles. The highest BCUT2D eigenvalue weighted by Gasteiger charge is 2.26. The van der Waals surface area contributed by atoms with E-state index < -0.39 is 0 Å². The second kappa shape index (κ2) is 8.84. The van der Waals surface area contributed by atoms with Crippen molar-refractivity contribution in [1.82, 2.24) is 29.6 Å². The number of halogens is 1. The van der Waals surface area contributed by atoms with E-state index in [1.165, 1.54) is 0 Å². The molecule has 1 fully saturated rings. The van der Waals surface area contributed by atoms with Gasteiger partial charge in [-0.1, -0.05) is 11.6 Å². The fourth-order valence-electron chi connectivity index (χ4n) is 3.92. The van der Waals surface area contributed by atoms with E-state index in [2.05, 4.69) is 40.8 Å². The van der Waals surface area contributed by atoms with E-state index in [1.54, 1.807) is 37.7 Å². The molecule has 1 aromatic carbocycles. The number of fused-ring (bicyclic) bond motifs is 1. The van der Waals surface area contributed by atoms with Gasteiger partial charge in [0.05, 0.1) is 18.2 Å². The summed E-state index contributed by atoms with van der Waals surface area (Å²) >= 11 is 5.94. The van der Waals surface area contributed by atoms with E-state index in [0.29, 0.717) is 65.7 Å². The maximum Gasteiger partial charge on any atom is 0.300 e. The number of piperazine rings is 1. The van der Waals surface area contributed by atoms with Crippen molar-refractivity contribution in [3.05, 3.63) is 47.4 Å². The van der Waals surface area contributed by atoms with Crippen LogP contribution >= 0.6 is 11.6 Å². The summed E-state index contributed by atoms with van der Waals surface area (Å²) in [6.07, 6.45) is 1.70. The monoisotopic (exact) mass is 495 g/mol. The molecule has 0 bridgehead atoms. The van der Waals surface area contributed by atoms with Crippen LogP contribution in [0.25, 0.3) is 22.6 Å². The number of anilines is 1. The van der Waals surface area contributed by atoms with Gasteiger partial charge in [-0.2, -0.15) is 10.1 Å². The van der Waals surface area contributed by atoms with Crippen molar-refractivity contribution in [2.75, 3.05) is 38.2 Å². The molecule has 1 saturated heterocycles. The molecule has 1 aliphatic heterocycles. The third-order valence-electron chi connectivity index (χ3n) is 5.91. The van der Waals surface area contributed by atoms with Crippen LogP contribution in [0.15, 0.2) is 41.1 Å². The zero-order valence-electron chi connectivity index (χ0n) is 20.0. The molecule has 11 heteroatoms. The Bertz CT molecular complexity index is 1380. The van der Waals surface area contributed by atoms with Crippen molar-refractivity contribution < 1.29 is 13.9 Å². The Balaban J connectivity index is 1.29. The molecule has 10 nitrogen and oxygen atoms in total. The van der Waals surface area contributed by atoms with Crippen molar-refractivity contribution in [3.8, 4) is 17.1 Å². The van der Waals surface area contributed by atoms with Gasteiger partial charge in [0.15, 0.2) is 11.4 Å². The highest BCUT2D eigenvalue weighted by molar-refractivity contribution is 6.29. The van der Waals surface area contributed by atoms with Gasteiger partial charge in [-0.05, 0) is 51.1 Å². The number of carbonyl (C=O) groups excluding carboxylic acids is 1. The minimum atomic E-state index is -0.183. The molecule has 0 radical (unpaired) electrons. The zero-order valence-corrected chi connectivity index (χ0v) is 20.8. The van der Waals surface area contributed by atoms with Crippen LogP contribution in [0, 0.1) is 0 Å². The number of hydrogen-bond acceptors (Lipinski definition) is 8. The first-order valence-corrected chi connectivity index (χ1v) is 11.7. The molecule has 1 amide bonds. The maximum absolute atomic E-state index is 13.2. The van der Waals surface area contributed by atoms with Gasteiger partial charge < -0.3 is 19.0 Å². The smallest absolute Gasteiger partial charge is 0.300 e. The Morgan fingerprint density at radius 1 is 1.09 bits per heavy atom. The van der Waals surface area contributed by atoms with Crippen LogP contribution in [-0.4, -0.2) is 68.8 Å². The number of amides is 1. The first-order valence-electron chi connectivity index (χ1n) is 11.3. The van der Waals surface area contributed by atoms with E-state index in [0.717, 1.165) is 5.56 Å². The first-order chi connectivity index (χ1) is 16.7. The van der Waals surface area contributed by atoms with Crippen LogP contribution in [0.2, 0.25) is 5.15 Å². The number of rotatable bonds is 4. The van der Waals surface area contributed by atoms with Gasteiger partial charge in [0.25, 0.3) is 11.9 Å². The van der Waals surface area contributed by atoms with Crippen LogP contribution in [0.3, 0.4) is 0 Å². The molecular formula is C24H26ClN7O3. The number of aromatic nitrogens is 5. The van der Waals surface area contributed by atoms with Crippen LogP contribution in [0.4, 0.5) is 6.01 Å². The van der Waals surface area contributed by atoms with Crippen LogP contribution < -0.4 is 9.64 Å². The summed E-state index contributed by atoms with van der Waals surface area (Å²) in [4.78, 5) is 30.1. The SMILES string of the molecule is COc1cc(C(=O)N2CCN(c3nc4nc(Cl)ccc4o3)CC2)ccc1-c1ncn(C(C)(C)C)n1. The van der Waals surface area contributed by atoms with Gasteiger partial charge in [0, 0.05) is 31.7 Å². The van der Waals surface area contributed by atoms with E-state index in [4.69, 9.17) is 20.8 Å². The second-order valence-corrected chi connectivity index (χ2v) is 9.72. The Morgan fingerprint density at radius 2 is 1.86 bits per heavy atom. The Kier molecular flexibility index (Phi) is 5.84. The minimum Gasteiger partial charge on any atom is -0.496 e. The number of nitrogens with zero attached hydrogens (tertiary/aromatic N) is 7. The van der Waals surface area contributed by atoms with Crippen LogP contribution in [0.1, 0.15) is 31.1 Å². The van der Waals surface area contributed by atoms with Gasteiger partial charge >= 0.3 is 0 Å². The van der Waals surface area contributed by atoms with Crippen molar-refractivity contribution in [1.29, 1.82) is 0 Å². The van der Waals surface area contributed by atoms with Gasteiger partial charge in [-0.15, -0.1) is 0 Å². The van der Waals surface area contributed by atoms with Crippen molar-refractivity contribution in [2.24, 2.45) is 0 Å². The maximum atomic E-state index is 13.2. The fraction of sp³-hybridized carbons (Fsp3) is 0.375. The number of methoxy groups -OCH3 is 1. The molecule has 0 aliphatic carbocycles. The predicted octanol–water partition coefficient (Wildman–Crippen LogP) is 3.86. The molecule has 182 valence electrons. The zero-order chi connectivity index (χ0) is 24.7. The van der Waals surface area contributed by atoms with Gasteiger partial charge in [-0.3, -0.25) is 4.79 Å². The topological polar surface area (TPSA) is 102 Å².